The summed E-state index contributed by atoms with van der Waals surface area (Å²) < 4.78 is 2.21. The maximum atomic E-state index is 4.73. The Labute approximate surface area is 123 Å². The monoisotopic (exact) mass is 298 g/mol. The van der Waals surface area contributed by atoms with Crippen LogP contribution in [0.25, 0.3) is 4.96 Å². The maximum Gasteiger partial charge on any atom is 0.194 e. The summed E-state index contributed by atoms with van der Waals surface area (Å²) in [6.07, 6.45) is 2.11. The predicted molar refractivity (Wildman–Crippen MR) is 84.3 cm³/mol. The lowest BCUT2D eigenvalue weighted by atomic mass is 10.3. The highest BCUT2D eigenvalue weighted by molar-refractivity contribution is 7.99. The van der Waals surface area contributed by atoms with Crippen molar-refractivity contribution in [3.05, 3.63) is 17.3 Å². The van der Waals surface area contributed by atoms with Gasteiger partial charge in [0.1, 0.15) is 5.03 Å². The predicted octanol–water partition coefficient (Wildman–Crippen LogP) is 2.55. The highest BCUT2D eigenvalue weighted by Gasteiger charge is 2.13. The van der Waals surface area contributed by atoms with Crippen LogP contribution in [0.5, 0.6) is 0 Å². The number of rotatable bonds is 7. The van der Waals surface area contributed by atoms with Crippen LogP contribution in [-0.2, 0) is 6.54 Å². The van der Waals surface area contributed by atoms with Gasteiger partial charge in [0.15, 0.2) is 4.96 Å². The summed E-state index contributed by atoms with van der Waals surface area (Å²) in [5.74, 6) is 1.08. The van der Waals surface area contributed by atoms with Gasteiger partial charge in [-0.15, -0.1) is 23.1 Å². The number of thiazole rings is 1. The van der Waals surface area contributed by atoms with E-state index in [9.17, 15) is 0 Å². The first-order valence-electron chi connectivity index (χ1n) is 6.53. The van der Waals surface area contributed by atoms with Gasteiger partial charge in [-0.2, -0.15) is 0 Å². The summed E-state index contributed by atoms with van der Waals surface area (Å²) in [6, 6.07) is 0.490. The minimum Gasteiger partial charge on any atom is -0.309 e. The number of nitrogens with zero attached hydrogens (tertiary/aromatic N) is 3. The molecule has 0 unspecified atom stereocenters. The Balaban J connectivity index is 2.11. The van der Waals surface area contributed by atoms with E-state index in [1.165, 1.54) is 10.7 Å². The van der Waals surface area contributed by atoms with E-state index < -0.39 is 0 Å². The lowest BCUT2D eigenvalue weighted by molar-refractivity contribution is 0.437. The molecule has 0 spiro atoms. The number of thioether (sulfide) groups is 1. The van der Waals surface area contributed by atoms with E-state index in [2.05, 4.69) is 54.1 Å². The van der Waals surface area contributed by atoms with Gasteiger partial charge in [0.2, 0.25) is 0 Å². The molecular weight excluding hydrogens is 276 g/mol. The van der Waals surface area contributed by atoms with E-state index in [1.807, 2.05) is 11.8 Å². The topological polar surface area (TPSA) is 32.6 Å². The van der Waals surface area contributed by atoms with Crippen molar-refractivity contribution in [3.63, 3.8) is 0 Å². The molecule has 0 amide bonds. The number of hydrogen-bond acceptors (Lipinski definition) is 5. The molecule has 0 aliphatic heterocycles. The Morgan fingerprint density at radius 3 is 2.95 bits per heavy atom. The molecule has 106 valence electrons. The minimum absolute atomic E-state index is 0.490. The average molecular weight is 298 g/mol. The summed E-state index contributed by atoms with van der Waals surface area (Å²) in [5, 5.41) is 6.75. The number of nitrogens with one attached hydrogen (secondary N) is 1. The van der Waals surface area contributed by atoms with Crippen LogP contribution in [0.15, 0.2) is 16.6 Å². The standard InChI is InChI=1S/C13H22N4S2/c1-10(2)14-9-11-12(18-7-5-16(3)4)15-13-17(11)6-8-19-13/h6,8,10,14H,5,7,9H2,1-4H3. The number of fused-ring (bicyclic) bond motifs is 1. The maximum absolute atomic E-state index is 4.73. The van der Waals surface area contributed by atoms with Crippen molar-refractivity contribution in [2.24, 2.45) is 0 Å². The van der Waals surface area contributed by atoms with Crippen molar-refractivity contribution in [2.75, 3.05) is 26.4 Å². The molecule has 2 aromatic rings. The number of imidazole rings is 1. The fourth-order valence-corrected chi connectivity index (χ4v) is 3.64. The van der Waals surface area contributed by atoms with Crippen LogP contribution in [-0.4, -0.2) is 46.7 Å². The van der Waals surface area contributed by atoms with Gasteiger partial charge in [-0.1, -0.05) is 13.8 Å². The molecule has 0 aromatic carbocycles. The third kappa shape index (κ3) is 3.95. The average Bonchev–Trinajstić information content (AvgIpc) is 2.86. The molecule has 1 N–H and O–H groups in total. The smallest absolute Gasteiger partial charge is 0.194 e. The second-order valence-corrected chi connectivity index (χ2v) is 7.06. The first-order valence-corrected chi connectivity index (χ1v) is 8.39. The zero-order valence-electron chi connectivity index (χ0n) is 12.0. The number of aromatic nitrogens is 2. The molecule has 0 radical (unpaired) electrons. The van der Waals surface area contributed by atoms with Gasteiger partial charge in [0.25, 0.3) is 0 Å². The van der Waals surface area contributed by atoms with Crippen LogP contribution >= 0.6 is 23.1 Å². The SMILES string of the molecule is CC(C)NCc1c(SCCN(C)C)nc2sccn12. The van der Waals surface area contributed by atoms with E-state index >= 15 is 0 Å². The Hall–Kier alpha value is -0.560. The molecule has 4 nitrogen and oxygen atoms in total. The molecule has 2 rings (SSSR count). The molecule has 0 fully saturated rings. The summed E-state index contributed by atoms with van der Waals surface area (Å²) in [6.45, 7) is 6.29. The van der Waals surface area contributed by atoms with E-state index in [4.69, 9.17) is 4.98 Å². The van der Waals surface area contributed by atoms with Crippen molar-refractivity contribution in [1.82, 2.24) is 19.6 Å². The molecule has 0 saturated carbocycles. The Morgan fingerprint density at radius 1 is 1.47 bits per heavy atom. The molecule has 6 heteroatoms. The van der Waals surface area contributed by atoms with Crippen molar-refractivity contribution in [1.29, 1.82) is 0 Å². The second kappa shape index (κ2) is 6.74. The molecule has 0 atom stereocenters. The van der Waals surface area contributed by atoms with Gasteiger partial charge in [0, 0.05) is 36.5 Å². The van der Waals surface area contributed by atoms with E-state index in [-0.39, 0.29) is 0 Å². The van der Waals surface area contributed by atoms with E-state index in [0.717, 1.165) is 23.8 Å². The highest BCUT2D eigenvalue weighted by Crippen LogP contribution is 2.25. The van der Waals surface area contributed by atoms with E-state index in [0.29, 0.717) is 6.04 Å². The third-order valence-electron chi connectivity index (χ3n) is 2.78. The Kier molecular flexibility index (Phi) is 5.27. The Morgan fingerprint density at radius 2 is 2.26 bits per heavy atom. The normalized spacial score (nSPS) is 12.1. The van der Waals surface area contributed by atoms with Crippen molar-refractivity contribution >= 4 is 28.1 Å². The van der Waals surface area contributed by atoms with Crippen LogP contribution < -0.4 is 5.32 Å². The van der Waals surface area contributed by atoms with Crippen LogP contribution in [0.4, 0.5) is 0 Å². The summed E-state index contributed by atoms with van der Waals surface area (Å²) in [4.78, 5) is 8.03. The first-order chi connectivity index (χ1) is 9.08. The largest absolute Gasteiger partial charge is 0.309 e. The summed E-state index contributed by atoms with van der Waals surface area (Å²) in [7, 11) is 4.21. The van der Waals surface area contributed by atoms with Crippen LogP contribution in [0, 0.1) is 0 Å². The minimum atomic E-state index is 0.490. The van der Waals surface area contributed by atoms with Gasteiger partial charge < -0.3 is 10.2 Å². The lowest BCUT2D eigenvalue weighted by Gasteiger charge is -2.10. The molecule has 2 heterocycles. The van der Waals surface area contributed by atoms with Crippen LogP contribution in [0.2, 0.25) is 0 Å². The van der Waals surface area contributed by atoms with Gasteiger partial charge in [-0.25, -0.2) is 4.98 Å². The fourth-order valence-electron chi connectivity index (χ4n) is 1.71. The van der Waals surface area contributed by atoms with Crippen molar-refractivity contribution < 1.29 is 0 Å². The zero-order valence-corrected chi connectivity index (χ0v) is 13.6. The quantitative estimate of drug-likeness (QED) is 0.796. The van der Waals surface area contributed by atoms with Crippen LogP contribution in [0.1, 0.15) is 19.5 Å². The number of hydrogen-bond donors (Lipinski definition) is 1. The van der Waals surface area contributed by atoms with Gasteiger partial charge in [-0.05, 0) is 14.1 Å². The van der Waals surface area contributed by atoms with Gasteiger partial charge in [-0.3, -0.25) is 4.40 Å². The summed E-state index contributed by atoms with van der Waals surface area (Å²) >= 11 is 3.55. The molecule has 19 heavy (non-hydrogen) atoms. The van der Waals surface area contributed by atoms with Gasteiger partial charge >= 0.3 is 0 Å². The van der Waals surface area contributed by atoms with Gasteiger partial charge in [0.05, 0.1) is 5.69 Å². The molecule has 0 saturated heterocycles. The fraction of sp³-hybridized carbons (Fsp3) is 0.615. The van der Waals surface area contributed by atoms with Crippen molar-refractivity contribution in [3.8, 4) is 0 Å². The molecule has 0 aliphatic carbocycles. The molecule has 0 aliphatic rings. The molecule has 2 aromatic heterocycles. The molecular formula is C13H22N4S2. The lowest BCUT2D eigenvalue weighted by Crippen LogP contribution is -2.23. The van der Waals surface area contributed by atoms with Crippen LogP contribution in [0.3, 0.4) is 0 Å². The highest BCUT2D eigenvalue weighted by atomic mass is 32.2. The zero-order chi connectivity index (χ0) is 13.8. The summed E-state index contributed by atoms with van der Waals surface area (Å²) in [5.41, 5.74) is 1.29. The van der Waals surface area contributed by atoms with E-state index in [1.54, 1.807) is 11.3 Å². The third-order valence-corrected chi connectivity index (χ3v) is 4.52. The Bertz CT molecular complexity index is 516. The molecule has 0 bridgehead atoms. The second-order valence-electron chi connectivity index (χ2n) is 5.11. The first kappa shape index (κ1) is 14.8. The van der Waals surface area contributed by atoms with Crippen molar-refractivity contribution in [2.45, 2.75) is 31.5 Å².